The molecule has 0 saturated heterocycles. The Morgan fingerprint density at radius 3 is 2.42 bits per heavy atom. The van der Waals surface area contributed by atoms with E-state index in [1.807, 2.05) is 0 Å². The quantitative estimate of drug-likeness (QED) is 0.407. The zero-order chi connectivity index (χ0) is 16.5. The van der Waals surface area contributed by atoms with Crippen molar-refractivity contribution >= 4 is 21.8 Å². The first-order chi connectivity index (χ1) is 11.6. The van der Waals surface area contributed by atoms with Gasteiger partial charge in [0.1, 0.15) is 0 Å². The van der Waals surface area contributed by atoms with E-state index in [4.69, 9.17) is 0 Å². The van der Waals surface area contributed by atoms with Crippen molar-refractivity contribution in [1.82, 2.24) is 4.57 Å². The molecule has 0 saturated carbocycles. The van der Waals surface area contributed by atoms with E-state index in [0.29, 0.717) is 0 Å². The van der Waals surface area contributed by atoms with Gasteiger partial charge in [0, 0.05) is 16.2 Å². The first-order valence-corrected chi connectivity index (χ1v) is 8.80. The van der Waals surface area contributed by atoms with E-state index in [1.54, 1.807) is 0 Å². The van der Waals surface area contributed by atoms with Crippen molar-refractivity contribution in [1.29, 1.82) is 0 Å². The second kappa shape index (κ2) is 4.51. The number of hydrogen-bond acceptors (Lipinski definition) is 0. The fourth-order valence-corrected chi connectivity index (χ4v) is 4.67. The minimum atomic E-state index is 0.0197. The van der Waals surface area contributed by atoms with Gasteiger partial charge in [-0.3, -0.25) is 0 Å². The van der Waals surface area contributed by atoms with Gasteiger partial charge >= 0.3 is 0 Å². The molecule has 0 radical (unpaired) electrons. The Morgan fingerprint density at radius 1 is 0.833 bits per heavy atom. The van der Waals surface area contributed by atoms with Crippen LogP contribution in [-0.2, 0) is 11.8 Å². The van der Waals surface area contributed by atoms with E-state index in [1.165, 1.54) is 44.2 Å². The number of nitrogens with zero attached hydrogens (tertiary/aromatic N) is 1. The zero-order valence-electron chi connectivity index (χ0n) is 14.4. The van der Waals surface area contributed by atoms with Gasteiger partial charge in [0.2, 0.25) is 0 Å². The van der Waals surface area contributed by atoms with Crippen LogP contribution in [0, 0.1) is 0 Å². The van der Waals surface area contributed by atoms with Crippen molar-refractivity contribution < 1.29 is 0 Å². The molecule has 0 bridgehead atoms. The van der Waals surface area contributed by atoms with Crippen molar-refractivity contribution in [3.05, 3.63) is 77.4 Å². The lowest BCUT2D eigenvalue weighted by molar-refractivity contribution is 0.622. The molecule has 2 heterocycles. The van der Waals surface area contributed by atoms with Crippen molar-refractivity contribution in [3.8, 4) is 5.69 Å². The summed E-state index contributed by atoms with van der Waals surface area (Å²) in [5.74, 6) is 0. The van der Waals surface area contributed by atoms with Crippen molar-refractivity contribution in [2.75, 3.05) is 0 Å². The SMILES string of the molecule is CCc1ccc2c3ccccc3n3c2c1C(C)(C)c1ccccc1-3. The largest absolute Gasteiger partial charge is 0.309 e. The summed E-state index contributed by atoms with van der Waals surface area (Å²) >= 11 is 0. The number of para-hydroxylation sites is 2. The summed E-state index contributed by atoms with van der Waals surface area (Å²) in [6.45, 7) is 7.02. The van der Waals surface area contributed by atoms with Crippen LogP contribution in [-0.4, -0.2) is 4.57 Å². The van der Waals surface area contributed by atoms with Gasteiger partial charge < -0.3 is 4.57 Å². The topological polar surface area (TPSA) is 4.93 Å². The predicted octanol–water partition coefficient (Wildman–Crippen LogP) is 5.99. The predicted molar refractivity (Wildman–Crippen MR) is 102 cm³/mol. The van der Waals surface area contributed by atoms with Crippen LogP contribution in [0.15, 0.2) is 60.7 Å². The summed E-state index contributed by atoms with van der Waals surface area (Å²) in [6, 6.07) is 22.3. The first kappa shape index (κ1) is 13.9. The Labute approximate surface area is 142 Å². The van der Waals surface area contributed by atoms with E-state index in [0.717, 1.165) is 6.42 Å². The van der Waals surface area contributed by atoms with Gasteiger partial charge in [0.05, 0.1) is 16.7 Å². The van der Waals surface area contributed by atoms with E-state index in [-0.39, 0.29) is 5.41 Å². The average molecular weight is 311 g/mol. The van der Waals surface area contributed by atoms with Crippen LogP contribution in [0.5, 0.6) is 0 Å². The highest BCUT2D eigenvalue weighted by atomic mass is 15.0. The Morgan fingerprint density at radius 2 is 1.58 bits per heavy atom. The van der Waals surface area contributed by atoms with Crippen LogP contribution in [0.25, 0.3) is 27.5 Å². The molecule has 1 aromatic heterocycles. The van der Waals surface area contributed by atoms with Gasteiger partial charge in [-0.15, -0.1) is 0 Å². The molecule has 0 fully saturated rings. The molecule has 118 valence electrons. The van der Waals surface area contributed by atoms with Crippen molar-refractivity contribution in [3.63, 3.8) is 0 Å². The Kier molecular flexibility index (Phi) is 2.60. The van der Waals surface area contributed by atoms with E-state index >= 15 is 0 Å². The molecule has 0 amide bonds. The van der Waals surface area contributed by atoms with E-state index in [2.05, 4.69) is 86.0 Å². The minimum Gasteiger partial charge on any atom is -0.309 e. The number of aryl methyl sites for hydroxylation is 1. The molecule has 0 N–H and O–H groups in total. The van der Waals surface area contributed by atoms with Crippen molar-refractivity contribution in [2.45, 2.75) is 32.6 Å². The van der Waals surface area contributed by atoms with Crippen LogP contribution >= 0.6 is 0 Å². The standard InChI is InChI=1S/C23H21N/c1-4-15-13-14-17-16-9-5-7-11-19(16)24-20-12-8-6-10-18(20)23(2,3)21(15)22(17)24/h5-14H,4H2,1-3H3. The van der Waals surface area contributed by atoms with Gasteiger partial charge in [-0.1, -0.05) is 69.3 Å². The smallest absolute Gasteiger partial charge is 0.0584 e. The van der Waals surface area contributed by atoms with Crippen LogP contribution in [0.2, 0.25) is 0 Å². The zero-order valence-corrected chi connectivity index (χ0v) is 14.4. The molecule has 0 atom stereocenters. The highest BCUT2D eigenvalue weighted by molar-refractivity contribution is 6.11. The molecule has 3 aromatic carbocycles. The molecule has 24 heavy (non-hydrogen) atoms. The Bertz CT molecular complexity index is 1110. The minimum absolute atomic E-state index is 0.0197. The second-order valence-corrected chi connectivity index (χ2v) is 7.34. The van der Waals surface area contributed by atoms with Gasteiger partial charge in [-0.25, -0.2) is 0 Å². The number of hydrogen-bond donors (Lipinski definition) is 0. The summed E-state index contributed by atoms with van der Waals surface area (Å²) in [5, 5.41) is 2.73. The number of benzene rings is 3. The number of aromatic nitrogens is 1. The molecular formula is C23H21N. The van der Waals surface area contributed by atoms with E-state index in [9.17, 15) is 0 Å². The van der Waals surface area contributed by atoms with Crippen molar-refractivity contribution in [2.24, 2.45) is 0 Å². The third-order valence-corrected chi connectivity index (χ3v) is 5.75. The lowest BCUT2D eigenvalue weighted by Gasteiger charge is -2.36. The van der Waals surface area contributed by atoms with Crippen LogP contribution in [0.1, 0.15) is 37.5 Å². The van der Waals surface area contributed by atoms with Gasteiger partial charge in [-0.05, 0) is 35.2 Å². The third-order valence-electron chi connectivity index (χ3n) is 5.75. The lowest BCUT2D eigenvalue weighted by atomic mass is 9.72. The monoisotopic (exact) mass is 311 g/mol. The van der Waals surface area contributed by atoms with Gasteiger partial charge in [0.15, 0.2) is 0 Å². The second-order valence-electron chi connectivity index (χ2n) is 7.34. The summed E-state index contributed by atoms with van der Waals surface area (Å²) in [5.41, 5.74) is 8.44. The highest BCUT2D eigenvalue weighted by Crippen LogP contribution is 2.48. The molecule has 0 aliphatic carbocycles. The van der Waals surface area contributed by atoms with Gasteiger partial charge in [-0.2, -0.15) is 0 Å². The molecular weight excluding hydrogens is 290 g/mol. The average Bonchev–Trinajstić information content (AvgIpc) is 2.94. The fourth-order valence-electron chi connectivity index (χ4n) is 4.67. The molecule has 1 heteroatoms. The normalized spacial score (nSPS) is 15.0. The highest BCUT2D eigenvalue weighted by Gasteiger charge is 2.36. The van der Waals surface area contributed by atoms with Crippen LogP contribution in [0.3, 0.4) is 0 Å². The molecule has 1 aliphatic rings. The first-order valence-electron chi connectivity index (χ1n) is 8.80. The lowest BCUT2D eigenvalue weighted by Crippen LogP contribution is -2.27. The van der Waals surface area contributed by atoms with Gasteiger partial charge in [0.25, 0.3) is 0 Å². The summed E-state index contributed by atoms with van der Waals surface area (Å²) in [7, 11) is 0. The van der Waals surface area contributed by atoms with Crippen LogP contribution < -0.4 is 0 Å². The molecule has 4 aromatic rings. The molecule has 5 rings (SSSR count). The molecule has 0 unspecified atom stereocenters. The summed E-state index contributed by atoms with van der Waals surface area (Å²) < 4.78 is 2.49. The number of fused-ring (bicyclic) bond motifs is 5. The molecule has 0 spiro atoms. The van der Waals surface area contributed by atoms with E-state index < -0.39 is 0 Å². The third kappa shape index (κ3) is 1.50. The summed E-state index contributed by atoms with van der Waals surface area (Å²) in [4.78, 5) is 0. The summed E-state index contributed by atoms with van der Waals surface area (Å²) in [6.07, 6.45) is 1.07. The maximum Gasteiger partial charge on any atom is 0.0584 e. The molecule has 1 aliphatic heterocycles. The number of rotatable bonds is 1. The Hall–Kier alpha value is -2.54. The molecule has 1 nitrogen and oxygen atoms in total. The van der Waals surface area contributed by atoms with Crippen LogP contribution in [0.4, 0.5) is 0 Å². The maximum atomic E-state index is 2.49. The Balaban J connectivity index is 2.14. The maximum absolute atomic E-state index is 2.49. The fraction of sp³-hybridized carbons (Fsp3) is 0.217.